The fraction of sp³-hybridized carbons (Fsp3) is 0.300. The molecule has 2 aromatic heterocycles. The maximum atomic E-state index is 12.5. The minimum absolute atomic E-state index is 0.230. The first kappa shape index (κ1) is 24.7. The number of carbonyl (C=O) groups is 2. The van der Waals surface area contributed by atoms with Crippen molar-refractivity contribution in [3.8, 4) is 17.0 Å². The third-order valence-corrected chi connectivity index (χ3v) is 7.80. The Morgan fingerprint density at radius 2 is 1.63 bits per heavy atom. The highest BCUT2D eigenvalue weighted by Gasteiger charge is 2.34. The largest absolute Gasteiger partial charge is 0.494 e. The Hall–Kier alpha value is -3.65. The van der Waals surface area contributed by atoms with Gasteiger partial charge in [0.1, 0.15) is 22.9 Å². The highest BCUT2D eigenvalue weighted by Crippen LogP contribution is 2.33. The second kappa shape index (κ2) is 10.6. The number of rotatable bonds is 8. The molecule has 0 radical (unpaired) electrons. The van der Waals surface area contributed by atoms with Gasteiger partial charge in [-0.15, -0.1) is 0 Å². The van der Waals surface area contributed by atoms with Crippen molar-refractivity contribution in [1.82, 2.24) is 14.3 Å². The number of nitrogens with zero attached hydrogens (tertiary/aromatic N) is 3. The quantitative estimate of drug-likeness (QED) is 0.191. The molecule has 6 rings (SSSR count). The molecule has 1 fully saturated rings. The summed E-state index contributed by atoms with van der Waals surface area (Å²) < 4.78 is 9.06. The summed E-state index contributed by atoms with van der Waals surface area (Å²) in [6, 6.07) is 19.4. The molecule has 1 saturated carbocycles. The number of amides is 2. The first-order valence-electron chi connectivity index (χ1n) is 13.2. The lowest BCUT2D eigenvalue weighted by Crippen LogP contribution is -2.31. The molecule has 38 heavy (non-hydrogen) atoms. The SMILES string of the molecule is O=C1c2ccccc2C(=O)N1CCCOc1ccc(-c2nc3ccc(Br)cn3c2NC2CCCCC2)cc1. The molecule has 4 aromatic rings. The summed E-state index contributed by atoms with van der Waals surface area (Å²) in [6.07, 6.45) is 8.79. The van der Waals surface area contributed by atoms with Crippen molar-refractivity contribution in [2.24, 2.45) is 0 Å². The van der Waals surface area contributed by atoms with E-state index in [1.54, 1.807) is 24.3 Å². The van der Waals surface area contributed by atoms with E-state index in [0.29, 0.717) is 36.7 Å². The maximum Gasteiger partial charge on any atom is 0.261 e. The minimum atomic E-state index is -0.230. The average Bonchev–Trinajstić information content (AvgIpc) is 3.42. The van der Waals surface area contributed by atoms with Crippen LogP contribution in [0, 0.1) is 0 Å². The summed E-state index contributed by atoms with van der Waals surface area (Å²) in [6.45, 7) is 0.737. The number of halogens is 1. The van der Waals surface area contributed by atoms with Crippen LogP contribution in [0.2, 0.25) is 0 Å². The number of hydrogen-bond acceptors (Lipinski definition) is 5. The number of anilines is 1. The first-order valence-corrected chi connectivity index (χ1v) is 14.0. The number of nitrogens with one attached hydrogen (secondary N) is 1. The van der Waals surface area contributed by atoms with Gasteiger partial charge in [0.2, 0.25) is 0 Å². The Kier molecular flexibility index (Phi) is 6.89. The summed E-state index contributed by atoms with van der Waals surface area (Å²) in [5.41, 5.74) is 3.79. The normalized spacial score (nSPS) is 15.8. The molecular weight excluding hydrogens is 544 g/mol. The van der Waals surface area contributed by atoms with Gasteiger partial charge in [0, 0.05) is 28.8 Å². The number of hydrogen-bond donors (Lipinski definition) is 1. The topological polar surface area (TPSA) is 75.9 Å². The number of imide groups is 1. The van der Waals surface area contributed by atoms with E-state index in [-0.39, 0.29) is 11.8 Å². The van der Waals surface area contributed by atoms with Gasteiger partial charge >= 0.3 is 0 Å². The molecule has 0 spiro atoms. The van der Waals surface area contributed by atoms with E-state index in [4.69, 9.17) is 9.72 Å². The van der Waals surface area contributed by atoms with Crippen LogP contribution in [0.1, 0.15) is 59.2 Å². The molecule has 2 aliphatic rings. The van der Waals surface area contributed by atoms with E-state index < -0.39 is 0 Å². The zero-order valence-electron chi connectivity index (χ0n) is 21.0. The van der Waals surface area contributed by atoms with E-state index in [1.807, 2.05) is 36.4 Å². The molecule has 194 valence electrons. The number of pyridine rings is 1. The molecule has 1 N–H and O–H groups in total. The van der Waals surface area contributed by atoms with Gasteiger partial charge in [-0.2, -0.15) is 0 Å². The van der Waals surface area contributed by atoms with Crippen LogP contribution in [0.3, 0.4) is 0 Å². The highest BCUT2D eigenvalue weighted by molar-refractivity contribution is 9.10. The molecule has 2 amide bonds. The fourth-order valence-corrected chi connectivity index (χ4v) is 5.70. The van der Waals surface area contributed by atoms with Crippen LogP contribution in [0.15, 0.2) is 71.3 Å². The zero-order valence-corrected chi connectivity index (χ0v) is 22.6. The Labute approximate surface area is 229 Å². The van der Waals surface area contributed by atoms with E-state index >= 15 is 0 Å². The average molecular weight is 573 g/mol. The molecule has 0 bridgehead atoms. The molecule has 0 atom stereocenters. The van der Waals surface area contributed by atoms with Crippen molar-refractivity contribution in [3.63, 3.8) is 0 Å². The third-order valence-electron chi connectivity index (χ3n) is 7.33. The van der Waals surface area contributed by atoms with Crippen molar-refractivity contribution in [1.29, 1.82) is 0 Å². The van der Waals surface area contributed by atoms with Crippen molar-refractivity contribution in [2.75, 3.05) is 18.5 Å². The molecular formula is C30H29BrN4O3. The molecule has 3 heterocycles. The van der Waals surface area contributed by atoms with Gasteiger partial charge in [-0.3, -0.25) is 18.9 Å². The Morgan fingerprint density at radius 1 is 0.921 bits per heavy atom. The van der Waals surface area contributed by atoms with Crippen LogP contribution in [0.5, 0.6) is 5.75 Å². The molecule has 1 aliphatic carbocycles. The van der Waals surface area contributed by atoms with Crippen molar-refractivity contribution >= 4 is 39.2 Å². The van der Waals surface area contributed by atoms with E-state index in [2.05, 4.69) is 31.8 Å². The number of imidazole rings is 1. The third kappa shape index (κ3) is 4.80. The van der Waals surface area contributed by atoms with Crippen LogP contribution in [-0.2, 0) is 0 Å². The van der Waals surface area contributed by atoms with E-state index in [1.165, 1.54) is 37.0 Å². The van der Waals surface area contributed by atoms with E-state index in [9.17, 15) is 9.59 Å². The summed E-state index contributed by atoms with van der Waals surface area (Å²) in [7, 11) is 0. The lowest BCUT2D eigenvalue weighted by molar-refractivity contribution is 0.0646. The van der Waals surface area contributed by atoms with Crippen molar-refractivity contribution < 1.29 is 14.3 Å². The number of aromatic nitrogens is 2. The second-order valence-corrected chi connectivity index (χ2v) is 10.8. The molecule has 0 unspecified atom stereocenters. The van der Waals surface area contributed by atoms with Gasteiger partial charge in [-0.05, 0) is 83.7 Å². The van der Waals surface area contributed by atoms with Crippen LogP contribution in [-0.4, -0.2) is 45.3 Å². The smallest absolute Gasteiger partial charge is 0.261 e. The molecule has 8 heteroatoms. The summed E-state index contributed by atoms with van der Waals surface area (Å²) in [4.78, 5) is 31.3. The Bertz CT molecular complexity index is 1460. The predicted octanol–water partition coefficient (Wildman–Crippen LogP) is 6.57. The molecule has 0 saturated heterocycles. The van der Waals surface area contributed by atoms with Gasteiger partial charge in [-0.25, -0.2) is 4.98 Å². The van der Waals surface area contributed by atoms with Gasteiger partial charge in [0.15, 0.2) is 0 Å². The van der Waals surface area contributed by atoms with Crippen molar-refractivity contribution in [3.05, 3.63) is 82.5 Å². The van der Waals surface area contributed by atoms with E-state index in [0.717, 1.165) is 32.9 Å². The molecule has 1 aliphatic heterocycles. The second-order valence-electron chi connectivity index (χ2n) is 9.90. The first-order chi connectivity index (χ1) is 18.6. The molecule has 7 nitrogen and oxygen atoms in total. The van der Waals surface area contributed by atoms with Gasteiger partial charge < -0.3 is 10.1 Å². The van der Waals surface area contributed by atoms with Crippen molar-refractivity contribution in [2.45, 2.75) is 44.6 Å². The van der Waals surface area contributed by atoms with Gasteiger partial charge in [-0.1, -0.05) is 31.4 Å². The Morgan fingerprint density at radius 3 is 2.34 bits per heavy atom. The predicted molar refractivity (Wildman–Crippen MR) is 151 cm³/mol. The van der Waals surface area contributed by atoms with Crippen LogP contribution < -0.4 is 10.1 Å². The molecule has 2 aromatic carbocycles. The maximum absolute atomic E-state index is 12.5. The highest BCUT2D eigenvalue weighted by atomic mass is 79.9. The minimum Gasteiger partial charge on any atom is -0.494 e. The van der Waals surface area contributed by atoms with Gasteiger partial charge in [0.25, 0.3) is 11.8 Å². The lowest BCUT2D eigenvalue weighted by atomic mass is 9.95. The fourth-order valence-electron chi connectivity index (χ4n) is 5.36. The lowest BCUT2D eigenvalue weighted by Gasteiger charge is -2.24. The Balaban J connectivity index is 1.12. The number of carbonyl (C=O) groups excluding carboxylic acids is 2. The summed E-state index contributed by atoms with van der Waals surface area (Å²) in [5, 5.41) is 3.78. The van der Waals surface area contributed by atoms with Gasteiger partial charge in [0.05, 0.1) is 17.7 Å². The zero-order chi connectivity index (χ0) is 26.1. The summed E-state index contributed by atoms with van der Waals surface area (Å²) >= 11 is 3.60. The standard InChI is InChI=1S/C30H29BrN4O3/c31-21-13-16-26-33-27(28(35(26)19-21)32-22-7-2-1-3-8-22)20-11-14-23(15-12-20)38-18-6-17-34-29(36)24-9-4-5-10-25(24)30(34)37/h4-5,9-16,19,22,32H,1-3,6-8,17-18H2. The monoisotopic (exact) mass is 572 g/mol. The number of fused-ring (bicyclic) bond motifs is 2. The van der Waals surface area contributed by atoms with Crippen LogP contribution in [0.25, 0.3) is 16.9 Å². The number of ether oxygens (including phenoxy) is 1. The van der Waals surface area contributed by atoms with Crippen LogP contribution in [0.4, 0.5) is 5.82 Å². The van der Waals surface area contributed by atoms with Crippen LogP contribution >= 0.6 is 15.9 Å². The summed E-state index contributed by atoms with van der Waals surface area (Å²) in [5.74, 6) is 1.30. The number of benzene rings is 2.